The summed E-state index contributed by atoms with van der Waals surface area (Å²) in [6, 6.07) is 15.5. The van der Waals surface area contributed by atoms with Crippen LogP contribution in [-0.2, 0) is 5.41 Å². The first-order valence-electron chi connectivity index (χ1n) is 8.08. The minimum absolute atomic E-state index is 0.00132. The lowest BCUT2D eigenvalue weighted by molar-refractivity contribution is 0.629. The molecule has 0 amide bonds. The summed E-state index contributed by atoms with van der Waals surface area (Å²) in [6.45, 7) is 6.86. The zero-order valence-corrected chi connectivity index (χ0v) is 13.6. The molecule has 23 heavy (non-hydrogen) atoms. The van der Waals surface area contributed by atoms with Crippen molar-refractivity contribution in [2.24, 2.45) is 0 Å². The lowest BCUT2D eigenvalue weighted by atomic mass is 9.74. The maximum Gasteiger partial charge on any atom is 0.0724 e. The average Bonchev–Trinajstić information content (AvgIpc) is 2.88. The summed E-state index contributed by atoms with van der Waals surface area (Å²) in [7, 11) is 0. The number of nitrogens with zero attached hydrogens (tertiary/aromatic N) is 2. The molecule has 2 nitrogen and oxygen atoms in total. The van der Waals surface area contributed by atoms with Gasteiger partial charge in [-0.1, -0.05) is 43.7 Å². The van der Waals surface area contributed by atoms with Gasteiger partial charge in [0.2, 0.25) is 0 Å². The molecule has 4 aromatic rings. The van der Waals surface area contributed by atoms with Gasteiger partial charge in [0, 0.05) is 22.4 Å². The van der Waals surface area contributed by atoms with Crippen LogP contribution in [0.2, 0.25) is 0 Å². The van der Waals surface area contributed by atoms with Crippen LogP contribution in [0.4, 0.5) is 0 Å². The molecule has 0 atom stereocenters. The predicted molar refractivity (Wildman–Crippen MR) is 95.4 cm³/mol. The van der Waals surface area contributed by atoms with E-state index in [1.54, 1.807) is 0 Å². The Morgan fingerprint density at radius 1 is 0.957 bits per heavy atom. The second-order valence-corrected chi connectivity index (χ2v) is 7.08. The number of hydrogen-bond donors (Lipinski definition) is 0. The first-order chi connectivity index (χ1) is 11.1. The quantitative estimate of drug-likeness (QED) is 0.440. The summed E-state index contributed by atoms with van der Waals surface area (Å²) < 4.78 is 2.40. The van der Waals surface area contributed by atoms with Crippen molar-refractivity contribution >= 4 is 21.8 Å². The number of hydrogen-bond acceptors (Lipinski definition) is 1. The Balaban J connectivity index is 2.15. The van der Waals surface area contributed by atoms with E-state index in [1.165, 1.54) is 44.2 Å². The number of pyridine rings is 1. The number of para-hydroxylation sites is 1. The van der Waals surface area contributed by atoms with Crippen LogP contribution >= 0.6 is 0 Å². The van der Waals surface area contributed by atoms with Gasteiger partial charge < -0.3 is 4.57 Å². The van der Waals surface area contributed by atoms with Crippen molar-refractivity contribution in [2.75, 3.05) is 0 Å². The third-order valence-electron chi connectivity index (χ3n) is 5.30. The number of aromatic nitrogens is 2. The summed E-state index contributed by atoms with van der Waals surface area (Å²) >= 11 is 0. The molecule has 2 heteroatoms. The number of fused-ring (bicyclic) bond motifs is 5. The molecule has 0 bridgehead atoms. The molecule has 2 aromatic heterocycles. The summed E-state index contributed by atoms with van der Waals surface area (Å²) in [5.74, 6) is 0. The molecule has 1 aliphatic heterocycles. The summed E-state index contributed by atoms with van der Waals surface area (Å²) in [5, 5.41) is 2.62. The van der Waals surface area contributed by atoms with Gasteiger partial charge in [-0.15, -0.1) is 0 Å². The molecule has 0 aliphatic carbocycles. The first-order valence-corrected chi connectivity index (χ1v) is 8.08. The van der Waals surface area contributed by atoms with Gasteiger partial charge >= 0.3 is 0 Å². The minimum Gasteiger partial charge on any atom is -0.307 e. The van der Waals surface area contributed by atoms with Crippen molar-refractivity contribution in [3.8, 4) is 5.69 Å². The SMILES string of the molecule is Cc1cc2c3c(c1)c1ccncc1n3-c1ccccc1C2(C)C. The van der Waals surface area contributed by atoms with Crippen LogP contribution in [-0.4, -0.2) is 9.55 Å². The molecule has 0 N–H and O–H groups in total. The van der Waals surface area contributed by atoms with E-state index in [0.717, 1.165) is 0 Å². The Kier molecular flexibility index (Phi) is 2.25. The molecular weight excluding hydrogens is 280 g/mol. The Morgan fingerprint density at radius 2 is 1.78 bits per heavy atom. The Labute approximate surface area is 135 Å². The first kappa shape index (κ1) is 12.9. The second-order valence-electron chi connectivity index (χ2n) is 7.08. The third kappa shape index (κ3) is 1.46. The summed E-state index contributed by atoms with van der Waals surface area (Å²) in [6.07, 6.45) is 3.88. The fourth-order valence-electron chi connectivity index (χ4n) is 4.21. The lowest BCUT2D eigenvalue weighted by Gasteiger charge is -2.34. The predicted octanol–water partition coefficient (Wildman–Crippen LogP) is 5.13. The molecule has 3 heterocycles. The van der Waals surface area contributed by atoms with Gasteiger partial charge in [-0.3, -0.25) is 4.98 Å². The monoisotopic (exact) mass is 298 g/mol. The van der Waals surface area contributed by atoms with E-state index >= 15 is 0 Å². The fraction of sp³-hybridized carbons (Fsp3) is 0.190. The van der Waals surface area contributed by atoms with Gasteiger partial charge in [0.05, 0.1) is 22.9 Å². The molecule has 112 valence electrons. The normalized spacial score (nSPS) is 15.1. The van der Waals surface area contributed by atoms with Gasteiger partial charge in [0.25, 0.3) is 0 Å². The van der Waals surface area contributed by atoms with Crippen LogP contribution in [0.1, 0.15) is 30.5 Å². The molecule has 0 spiro atoms. The molecule has 0 radical (unpaired) electrons. The number of benzene rings is 2. The zero-order valence-electron chi connectivity index (χ0n) is 13.6. The van der Waals surface area contributed by atoms with E-state index in [9.17, 15) is 0 Å². The smallest absolute Gasteiger partial charge is 0.0724 e. The van der Waals surface area contributed by atoms with Crippen molar-refractivity contribution in [3.05, 3.63) is 71.5 Å². The summed E-state index contributed by atoms with van der Waals surface area (Å²) in [4.78, 5) is 4.38. The van der Waals surface area contributed by atoms with Crippen molar-refractivity contribution < 1.29 is 0 Å². The van der Waals surface area contributed by atoms with Gasteiger partial charge in [-0.2, -0.15) is 0 Å². The molecule has 0 saturated carbocycles. The van der Waals surface area contributed by atoms with Crippen molar-refractivity contribution in [2.45, 2.75) is 26.2 Å². The highest BCUT2D eigenvalue weighted by Crippen LogP contribution is 2.47. The van der Waals surface area contributed by atoms with Gasteiger partial charge in [-0.25, -0.2) is 0 Å². The van der Waals surface area contributed by atoms with E-state index in [2.05, 4.69) is 72.8 Å². The van der Waals surface area contributed by atoms with E-state index in [-0.39, 0.29) is 5.41 Å². The average molecular weight is 298 g/mol. The van der Waals surface area contributed by atoms with Crippen molar-refractivity contribution in [1.29, 1.82) is 0 Å². The highest BCUT2D eigenvalue weighted by Gasteiger charge is 2.34. The van der Waals surface area contributed by atoms with Crippen LogP contribution in [0.3, 0.4) is 0 Å². The fourth-order valence-corrected chi connectivity index (χ4v) is 4.21. The second kappa shape index (κ2) is 4.02. The molecule has 2 aromatic carbocycles. The van der Waals surface area contributed by atoms with Gasteiger partial charge in [0.1, 0.15) is 0 Å². The maximum absolute atomic E-state index is 4.38. The molecule has 0 unspecified atom stereocenters. The molecule has 0 saturated heterocycles. The third-order valence-corrected chi connectivity index (χ3v) is 5.30. The van der Waals surface area contributed by atoms with Gasteiger partial charge in [-0.05, 0) is 36.2 Å². The molecule has 0 fully saturated rings. The Hall–Kier alpha value is -2.61. The van der Waals surface area contributed by atoms with Gasteiger partial charge in [0.15, 0.2) is 0 Å². The van der Waals surface area contributed by atoms with Crippen LogP contribution < -0.4 is 0 Å². The molecular formula is C21H18N2. The van der Waals surface area contributed by atoms with Crippen LogP contribution in [0, 0.1) is 6.92 Å². The Morgan fingerprint density at radius 3 is 2.65 bits per heavy atom. The van der Waals surface area contributed by atoms with Crippen LogP contribution in [0.5, 0.6) is 0 Å². The maximum atomic E-state index is 4.38. The topological polar surface area (TPSA) is 17.8 Å². The van der Waals surface area contributed by atoms with E-state index < -0.39 is 0 Å². The highest BCUT2D eigenvalue weighted by atomic mass is 15.0. The largest absolute Gasteiger partial charge is 0.307 e. The van der Waals surface area contributed by atoms with Crippen LogP contribution in [0.15, 0.2) is 54.9 Å². The Bertz CT molecular complexity index is 1100. The summed E-state index contributed by atoms with van der Waals surface area (Å²) in [5.41, 5.74) is 7.90. The standard InChI is InChI=1S/C21H18N2/c1-13-10-15-14-8-9-22-12-19(14)23-18-7-5-4-6-16(18)21(2,3)17(11-13)20(15)23/h4-12H,1-3H3. The van der Waals surface area contributed by atoms with Crippen molar-refractivity contribution in [1.82, 2.24) is 9.55 Å². The minimum atomic E-state index is -0.00132. The molecule has 1 aliphatic rings. The highest BCUT2D eigenvalue weighted by molar-refractivity contribution is 6.11. The lowest BCUT2D eigenvalue weighted by Crippen LogP contribution is -2.26. The van der Waals surface area contributed by atoms with Crippen LogP contribution in [0.25, 0.3) is 27.5 Å². The number of aryl methyl sites for hydroxylation is 1. The number of rotatable bonds is 0. The van der Waals surface area contributed by atoms with Crippen molar-refractivity contribution in [3.63, 3.8) is 0 Å². The van der Waals surface area contributed by atoms with E-state index in [0.29, 0.717) is 0 Å². The molecule has 5 rings (SSSR count). The van der Waals surface area contributed by atoms with E-state index in [4.69, 9.17) is 0 Å². The zero-order chi connectivity index (χ0) is 15.8. The van der Waals surface area contributed by atoms with E-state index in [1.807, 2.05) is 12.4 Å².